The average Bonchev–Trinajstić information content (AvgIpc) is 2.03. The third-order valence-corrected chi connectivity index (χ3v) is 1.93. The third kappa shape index (κ3) is 3.03. The van der Waals surface area contributed by atoms with Crippen LogP contribution in [-0.4, -0.2) is 12.1 Å². The van der Waals surface area contributed by atoms with Crippen molar-refractivity contribution in [2.45, 2.75) is 13.0 Å². The number of nitrogens with zero attached hydrogens (tertiary/aromatic N) is 1. The van der Waals surface area contributed by atoms with Crippen molar-refractivity contribution >= 4 is 29.7 Å². The summed E-state index contributed by atoms with van der Waals surface area (Å²) in [5.41, 5.74) is 6.76. The molecule has 1 atom stereocenters. The normalized spacial score (nSPS) is 11.9. The van der Waals surface area contributed by atoms with E-state index >= 15 is 0 Å². The van der Waals surface area contributed by atoms with Crippen LogP contribution in [0.1, 0.15) is 18.7 Å². The minimum atomic E-state index is -0.0990. The monoisotopic (exact) mass is 222 g/mol. The lowest BCUT2D eigenvalue weighted by atomic mass is 10.2. The number of rotatable bonds is 2. The van der Waals surface area contributed by atoms with E-state index in [0.29, 0.717) is 16.4 Å². The van der Waals surface area contributed by atoms with Gasteiger partial charge in [0.25, 0.3) is 0 Å². The lowest BCUT2D eigenvalue weighted by Crippen LogP contribution is -2.01. The Morgan fingerprint density at radius 2 is 2.23 bits per heavy atom. The number of ether oxygens (including phenoxy) is 1. The zero-order chi connectivity index (χ0) is 9.14. The van der Waals surface area contributed by atoms with Crippen LogP contribution in [0.5, 0.6) is 0 Å². The second-order valence-corrected chi connectivity index (χ2v) is 2.92. The van der Waals surface area contributed by atoms with Crippen LogP contribution >= 0.6 is 24.0 Å². The van der Waals surface area contributed by atoms with Crippen LogP contribution in [0.4, 0.5) is 5.69 Å². The first-order valence-electron chi connectivity index (χ1n) is 3.59. The van der Waals surface area contributed by atoms with Gasteiger partial charge in [0.1, 0.15) is 0 Å². The summed E-state index contributed by atoms with van der Waals surface area (Å²) >= 11 is 5.88. The maximum atomic E-state index is 5.88. The first-order valence-corrected chi connectivity index (χ1v) is 3.96. The van der Waals surface area contributed by atoms with Gasteiger partial charge in [0, 0.05) is 7.11 Å². The molecule has 1 heterocycles. The van der Waals surface area contributed by atoms with Gasteiger partial charge in [0.05, 0.1) is 28.7 Å². The average molecular weight is 223 g/mol. The summed E-state index contributed by atoms with van der Waals surface area (Å²) in [5, 5.41) is 0.546. The lowest BCUT2D eigenvalue weighted by molar-refractivity contribution is 0.116. The molecule has 0 aliphatic rings. The molecule has 2 N–H and O–H groups in total. The SMILES string of the molecule is COC(C)c1ncc(N)cc1Cl.Cl. The highest BCUT2D eigenvalue weighted by atomic mass is 35.5. The maximum Gasteiger partial charge on any atom is 0.0977 e. The molecular weight excluding hydrogens is 211 g/mol. The van der Waals surface area contributed by atoms with Crippen molar-refractivity contribution < 1.29 is 4.74 Å². The van der Waals surface area contributed by atoms with Gasteiger partial charge < -0.3 is 10.5 Å². The number of nitrogen functional groups attached to an aromatic ring is 1. The Balaban J connectivity index is 0.00000144. The van der Waals surface area contributed by atoms with Gasteiger partial charge >= 0.3 is 0 Å². The third-order valence-electron chi connectivity index (χ3n) is 1.63. The summed E-state index contributed by atoms with van der Waals surface area (Å²) in [6.45, 7) is 1.88. The lowest BCUT2D eigenvalue weighted by Gasteiger charge is -2.10. The van der Waals surface area contributed by atoms with Gasteiger partial charge in [-0.1, -0.05) is 11.6 Å². The van der Waals surface area contributed by atoms with E-state index in [1.165, 1.54) is 0 Å². The molecule has 0 bridgehead atoms. The van der Waals surface area contributed by atoms with Crippen LogP contribution < -0.4 is 5.73 Å². The van der Waals surface area contributed by atoms with Crippen molar-refractivity contribution in [2.75, 3.05) is 12.8 Å². The number of aromatic nitrogens is 1. The molecule has 0 aromatic carbocycles. The van der Waals surface area contributed by atoms with Gasteiger partial charge in [-0.05, 0) is 13.0 Å². The Bertz CT molecular complexity index is 281. The van der Waals surface area contributed by atoms with E-state index in [0.717, 1.165) is 0 Å². The molecule has 74 valence electrons. The first-order chi connectivity index (χ1) is 5.65. The summed E-state index contributed by atoms with van der Waals surface area (Å²) in [5.74, 6) is 0. The fraction of sp³-hybridized carbons (Fsp3) is 0.375. The Hall–Kier alpha value is -0.510. The topological polar surface area (TPSA) is 48.1 Å². The predicted molar refractivity (Wildman–Crippen MR) is 56.3 cm³/mol. The minimum absolute atomic E-state index is 0. The Morgan fingerprint density at radius 1 is 1.62 bits per heavy atom. The van der Waals surface area contributed by atoms with Crippen LogP contribution in [0.15, 0.2) is 12.3 Å². The molecule has 0 aliphatic heterocycles. The van der Waals surface area contributed by atoms with E-state index in [9.17, 15) is 0 Å². The Labute approximate surface area is 88.7 Å². The van der Waals surface area contributed by atoms with E-state index in [1.54, 1.807) is 19.4 Å². The number of pyridine rings is 1. The van der Waals surface area contributed by atoms with Crippen molar-refractivity contribution in [1.29, 1.82) is 0 Å². The van der Waals surface area contributed by atoms with Gasteiger partial charge in [-0.3, -0.25) is 4.98 Å². The highest BCUT2D eigenvalue weighted by molar-refractivity contribution is 6.31. The smallest absolute Gasteiger partial charge is 0.0977 e. The quantitative estimate of drug-likeness (QED) is 0.837. The fourth-order valence-corrected chi connectivity index (χ4v) is 1.20. The molecule has 0 aliphatic carbocycles. The Kier molecular flexibility index (Phi) is 5.06. The fourth-order valence-electron chi connectivity index (χ4n) is 0.874. The maximum absolute atomic E-state index is 5.88. The number of hydrogen-bond donors (Lipinski definition) is 1. The van der Waals surface area contributed by atoms with Crippen LogP contribution in [0, 0.1) is 0 Å². The molecule has 0 fully saturated rings. The van der Waals surface area contributed by atoms with Crippen molar-refractivity contribution in [2.24, 2.45) is 0 Å². The Morgan fingerprint density at radius 3 is 2.69 bits per heavy atom. The molecule has 1 rings (SSSR count). The molecule has 3 nitrogen and oxygen atoms in total. The van der Waals surface area contributed by atoms with Gasteiger partial charge in [-0.15, -0.1) is 12.4 Å². The van der Waals surface area contributed by atoms with Crippen molar-refractivity contribution in [1.82, 2.24) is 4.98 Å². The summed E-state index contributed by atoms with van der Waals surface area (Å²) < 4.78 is 5.07. The standard InChI is InChI=1S/C8H11ClN2O.ClH/c1-5(12-2)8-7(9)3-6(10)4-11-8;/h3-5H,10H2,1-2H3;1H. The zero-order valence-electron chi connectivity index (χ0n) is 7.45. The summed E-state index contributed by atoms with van der Waals surface area (Å²) in [6, 6.07) is 1.67. The predicted octanol–water partition coefficient (Wildman–Crippen LogP) is 2.45. The molecule has 5 heteroatoms. The largest absolute Gasteiger partial charge is 0.397 e. The zero-order valence-corrected chi connectivity index (χ0v) is 9.02. The summed E-state index contributed by atoms with van der Waals surface area (Å²) in [4.78, 5) is 4.07. The molecule has 0 amide bonds. The van der Waals surface area contributed by atoms with E-state index in [-0.39, 0.29) is 18.5 Å². The van der Waals surface area contributed by atoms with Gasteiger partial charge in [0.2, 0.25) is 0 Å². The number of nitrogens with two attached hydrogens (primary N) is 1. The molecule has 1 aromatic heterocycles. The van der Waals surface area contributed by atoms with Crippen LogP contribution in [0.2, 0.25) is 5.02 Å². The minimum Gasteiger partial charge on any atom is -0.397 e. The number of hydrogen-bond acceptors (Lipinski definition) is 3. The molecule has 0 saturated heterocycles. The van der Waals surface area contributed by atoms with Gasteiger partial charge in [-0.2, -0.15) is 0 Å². The van der Waals surface area contributed by atoms with E-state index in [4.69, 9.17) is 22.1 Å². The van der Waals surface area contributed by atoms with Crippen molar-refractivity contribution in [3.05, 3.63) is 23.0 Å². The second-order valence-electron chi connectivity index (χ2n) is 2.51. The molecular formula is C8H12Cl2N2O. The highest BCUT2D eigenvalue weighted by Gasteiger charge is 2.09. The number of halogens is 2. The van der Waals surface area contributed by atoms with Gasteiger partial charge in [0.15, 0.2) is 0 Å². The van der Waals surface area contributed by atoms with Gasteiger partial charge in [-0.25, -0.2) is 0 Å². The molecule has 1 aromatic rings. The first kappa shape index (κ1) is 12.5. The molecule has 0 spiro atoms. The van der Waals surface area contributed by atoms with E-state index < -0.39 is 0 Å². The summed E-state index contributed by atoms with van der Waals surface area (Å²) in [6.07, 6.45) is 1.47. The number of methoxy groups -OCH3 is 1. The molecule has 0 radical (unpaired) electrons. The number of anilines is 1. The highest BCUT2D eigenvalue weighted by Crippen LogP contribution is 2.23. The summed E-state index contributed by atoms with van der Waals surface area (Å²) in [7, 11) is 1.61. The van der Waals surface area contributed by atoms with E-state index in [2.05, 4.69) is 4.98 Å². The molecule has 0 saturated carbocycles. The van der Waals surface area contributed by atoms with Crippen LogP contribution in [0.3, 0.4) is 0 Å². The molecule has 1 unspecified atom stereocenters. The molecule has 13 heavy (non-hydrogen) atoms. The van der Waals surface area contributed by atoms with Crippen LogP contribution in [0.25, 0.3) is 0 Å². The van der Waals surface area contributed by atoms with Crippen LogP contribution in [-0.2, 0) is 4.74 Å². The van der Waals surface area contributed by atoms with E-state index in [1.807, 2.05) is 6.92 Å². The second kappa shape index (κ2) is 5.27. The van der Waals surface area contributed by atoms with Crippen molar-refractivity contribution in [3.8, 4) is 0 Å². The van der Waals surface area contributed by atoms with Crippen molar-refractivity contribution in [3.63, 3.8) is 0 Å².